The number of rotatable bonds is 6. The van der Waals surface area contributed by atoms with Crippen LogP contribution in [0, 0.1) is 22.5 Å². The second kappa shape index (κ2) is 9.66. The molecule has 35 heavy (non-hydrogen) atoms. The van der Waals surface area contributed by atoms with Crippen LogP contribution >= 0.6 is 67.8 Å². The molecule has 1 aromatic rings. The highest BCUT2D eigenvalue weighted by Crippen LogP contribution is 2.52. The molecule has 2 bridgehead atoms. The van der Waals surface area contributed by atoms with Crippen molar-refractivity contribution in [2.75, 3.05) is 5.75 Å². The van der Waals surface area contributed by atoms with Crippen molar-refractivity contribution < 1.29 is 59.5 Å². The molecule has 0 aliphatic carbocycles. The Kier molecular flexibility index (Phi) is 7.59. The van der Waals surface area contributed by atoms with E-state index in [2.05, 4.69) is 4.74 Å². The molecule has 0 radical (unpaired) electrons. The van der Waals surface area contributed by atoms with Crippen LogP contribution in [0.5, 0.6) is 0 Å². The summed E-state index contributed by atoms with van der Waals surface area (Å²) in [7, 11) is -5.17. The zero-order valence-corrected chi connectivity index (χ0v) is 24.0. The zero-order valence-electron chi connectivity index (χ0n) is 16.7. The van der Waals surface area contributed by atoms with Crippen molar-refractivity contribution in [1.29, 1.82) is 0 Å². The summed E-state index contributed by atoms with van der Waals surface area (Å²) in [6.07, 6.45) is -13.3. The third-order valence-electron chi connectivity index (χ3n) is 5.62. The SMILES string of the molecule is O=C(OC1C2OC(=O)C3C2OC1C3C(=O)OC(CS(=O)(=O)O)C(F)(F)F)c1cc(I)cc(I)c1I. The highest BCUT2D eigenvalue weighted by molar-refractivity contribution is 14.1. The Bertz CT molecular complexity index is 1210. The van der Waals surface area contributed by atoms with E-state index in [1.165, 1.54) is 0 Å². The van der Waals surface area contributed by atoms with E-state index >= 15 is 0 Å². The molecule has 192 valence electrons. The summed E-state index contributed by atoms with van der Waals surface area (Å²) < 4.78 is 93.2. The first-order valence-electron chi connectivity index (χ1n) is 9.52. The molecule has 3 aliphatic heterocycles. The van der Waals surface area contributed by atoms with Gasteiger partial charge < -0.3 is 18.9 Å². The van der Waals surface area contributed by atoms with Crippen molar-refractivity contribution in [3.63, 3.8) is 0 Å². The molecule has 7 unspecified atom stereocenters. The summed E-state index contributed by atoms with van der Waals surface area (Å²) in [4.78, 5) is 38.0. The largest absolute Gasteiger partial charge is 0.455 e. The van der Waals surface area contributed by atoms with Gasteiger partial charge in [0.2, 0.25) is 6.10 Å². The fourth-order valence-corrected chi connectivity index (χ4v) is 7.25. The van der Waals surface area contributed by atoms with E-state index in [4.69, 9.17) is 18.8 Å². The number of hydrogen-bond donors (Lipinski definition) is 1. The van der Waals surface area contributed by atoms with Crippen molar-refractivity contribution >= 4 is 95.8 Å². The minimum absolute atomic E-state index is 0.190. The predicted molar refractivity (Wildman–Crippen MR) is 132 cm³/mol. The molecule has 3 saturated heterocycles. The summed E-state index contributed by atoms with van der Waals surface area (Å²) >= 11 is 5.96. The van der Waals surface area contributed by atoms with Gasteiger partial charge in [0.25, 0.3) is 10.1 Å². The van der Waals surface area contributed by atoms with Crippen LogP contribution in [0.25, 0.3) is 0 Å². The number of ether oxygens (including phenoxy) is 4. The lowest BCUT2D eigenvalue weighted by Gasteiger charge is -2.29. The van der Waals surface area contributed by atoms with E-state index in [1.54, 1.807) is 6.07 Å². The quantitative estimate of drug-likeness (QED) is 0.149. The van der Waals surface area contributed by atoms with Gasteiger partial charge in [0.05, 0.1) is 5.56 Å². The number of esters is 3. The Morgan fingerprint density at radius 3 is 2.40 bits per heavy atom. The molecule has 0 spiro atoms. The standard InChI is InChI=1S/C18H12F3I3O10S/c19-18(20,21)7(3-35(28,29)30)31-16(26)8-9-12-14(34-17(9)27)13(11(8)32-12)33-15(25)5-1-4(22)2-6(23)10(5)24/h1-2,7-9,11-14H,3H2,(H,28,29,30). The van der Waals surface area contributed by atoms with Gasteiger partial charge in [-0.2, -0.15) is 21.6 Å². The second-order valence-corrected chi connectivity index (χ2v) is 12.8. The molecule has 0 aromatic heterocycles. The maximum Gasteiger partial charge on any atom is 0.426 e. The van der Waals surface area contributed by atoms with Crippen LogP contribution < -0.4 is 0 Å². The number of carbonyl (C=O) groups excluding carboxylic acids is 3. The van der Waals surface area contributed by atoms with Crippen LogP contribution in [-0.4, -0.2) is 73.3 Å². The van der Waals surface area contributed by atoms with E-state index in [0.29, 0.717) is 3.57 Å². The lowest BCUT2D eigenvalue weighted by atomic mass is 9.78. The van der Waals surface area contributed by atoms with Crippen LogP contribution in [0.15, 0.2) is 12.1 Å². The summed E-state index contributed by atoms with van der Waals surface area (Å²) in [5.74, 6) is -8.25. The normalized spacial score (nSPS) is 30.2. The third-order valence-corrected chi connectivity index (χ3v) is 10.0. The Morgan fingerprint density at radius 1 is 1.14 bits per heavy atom. The number of halogens is 6. The molecule has 0 saturated carbocycles. The van der Waals surface area contributed by atoms with Crippen LogP contribution in [0.3, 0.4) is 0 Å². The Balaban J connectivity index is 1.58. The Morgan fingerprint density at radius 2 is 1.80 bits per heavy atom. The lowest BCUT2D eigenvalue weighted by Crippen LogP contribution is -2.50. The number of alkyl halides is 3. The first kappa shape index (κ1) is 27.5. The maximum atomic E-state index is 13.2. The van der Waals surface area contributed by atoms with Crippen molar-refractivity contribution in [3.05, 3.63) is 28.4 Å². The van der Waals surface area contributed by atoms with Gasteiger partial charge in [0.15, 0.2) is 12.2 Å². The molecule has 17 heteroatoms. The van der Waals surface area contributed by atoms with Crippen molar-refractivity contribution in [3.8, 4) is 0 Å². The first-order chi connectivity index (χ1) is 16.1. The monoisotopic (exact) mass is 858 g/mol. The number of fused-ring (bicyclic) bond motifs is 1. The van der Waals surface area contributed by atoms with Crippen LogP contribution in [0.1, 0.15) is 10.4 Å². The van der Waals surface area contributed by atoms with Gasteiger partial charge in [-0.1, -0.05) is 0 Å². The summed E-state index contributed by atoms with van der Waals surface area (Å²) in [5.41, 5.74) is 0.190. The van der Waals surface area contributed by atoms with E-state index in [9.17, 15) is 36.0 Å². The molecule has 4 rings (SSSR count). The number of benzene rings is 1. The van der Waals surface area contributed by atoms with Crippen LogP contribution in [0.2, 0.25) is 0 Å². The highest BCUT2D eigenvalue weighted by Gasteiger charge is 2.72. The van der Waals surface area contributed by atoms with Gasteiger partial charge in [-0.05, 0) is 79.9 Å². The average Bonchev–Trinajstić information content (AvgIpc) is 3.32. The van der Waals surface area contributed by atoms with Gasteiger partial charge in [0.1, 0.15) is 29.8 Å². The van der Waals surface area contributed by atoms with Crippen molar-refractivity contribution in [1.82, 2.24) is 0 Å². The minimum Gasteiger partial charge on any atom is -0.455 e. The molecule has 7 atom stereocenters. The third kappa shape index (κ3) is 5.39. The molecule has 10 nitrogen and oxygen atoms in total. The van der Waals surface area contributed by atoms with E-state index in [-0.39, 0.29) is 5.56 Å². The van der Waals surface area contributed by atoms with Crippen molar-refractivity contribution in [2.45, 2.75) is 36.7 Å². The molecule has 3 fully saturated rings. The molecular weight excluding hydrogens is 846 g/mol. The van der Waals surface area contributed by atoms with Gasteiger partial charge in [-0.25, -0.2) is 4.79 Å². The minimum atomic E-state index is -5.33. The van der Waals surface area contributed by atoms with Crippen molar-refractivity contribution in [2.24, 2.45) is 11.8 Å². The maximum absolute atomic E-state index is 13.2. The van der Waals surface area contributed by atoms with Gasteiger partial charge in [-0.15, -0.1) is 0 Å². The van der Waals surface area contributed by atoms with Crippen LogP contribution in [0.4, 0.5) is 13.2 Å². The van der Waals surface area contributed by atoms with Gasteiger partial charge in [-0.3, -0.25) is 14.1 Å². The van der Waals surface area contributed by atoms with E-state index in [0.717, 1.165) is 7.14 Å². The van der Waals surface area contributed by atoms with Crippen LogP contribution in [-0.2, 0) is 38.7 Å². The molecule has 3 heterocycles. The fourth-order valence-electron chi connectivity index (χ4n) is 4.24. The topological polar surface area (TPSA) is 142 Å². The van der Waals surface area contributed by atoms with E-state index in [1.807, 2.05) is 73.8 Å². The Labute approximate surface area is 236 Å². The molecular formula is C18H12F3I3O10S. The Hall–Kier alpha value is -0.520. The second-order valence-electron chi connectivity index (χ2n) is 7.85. The number of carbonyl (C=O) groups is 3. The molecule has 1 aromatic carbocycles. The van der Waals surface area contributed by atoms with Gasteiger partial charge >= 0.3 is 24.1 Å². The number of hydrogen-bond acceptors (Lipinski definition) is 9. The van der Waals surface area contributed by atoms with E-state index < -0.39 is 82.3 Å². The zero-order chi connectivity index (χ0) is 26.0. The molecule has 3 aliphatic rings. The summed E-state index contributed by atoms with van der Waals surface area (Å²) in [6.45, 7) is 0. The van der Waals surface area contributed by atoms with Gasteiger partial charge in [0, 0.05) is 10.7 Å². The summed E-state index contributed by atoms with van der Waals surface area (Å²) in [5, 5.41) is 0. The average molecular weight is 858 g/mol. The molecule has 1 N–H and O–H groups in total. The lowest BCUT2D eigenvalue weighted by molar-refractivity contribution is -0.219. The highest BCUT2D eigenvalue weighted by atomic mass is 127. The smallest absolute Gasteiger partial charge is 0.426 e. The summed E-state index contributed by atoms with van der Waals surface area (Å²) in [6, 6.07) is 3.37. The molecule has 0 amide bonds. The fraction of sp³-hybridized carbons (Fsp3) is 0.500. The first-order valence-corrected chi connectivity index (χ1v) is 14.4. The predicted octanol–water partition coefficient (Wildman–Crippen LogP) is 2.33.